The van der Waals surface area contributed by atoms with Gasteiger partial charge in [-0.1, -0.05) is 61.9 Å². The van der Waals surface area contributed by atoms with Crippen LogP contribution in [-0.4, -0.2) is 27.4 Å². The Bertz CT molecular complexity index is 1690. The molecule has 1 spiro atoms. The van der Waals surface area contributed by atoms with E-state index >= 15 is 0 Å². The lowest BCUT2D eigenvalue weighted by Crippen LogP contribution is -2.51. The predicted molar refractivity (Wildman–Crippen MR) is 141 cm³/mol. The molecule has 4 unspecified atom stereocenters. The topological polar surface area (TPSA) is 84.3 Å². The number of aromatic nitrogens is 2. The van der Waals surface area contributed by atoms with E-state index in [0.29, 0.717) is 28.1 Å². The highest BCUT2D eigenvalue weighted by Gasteiger charge is 2.70. The van der Waals surface area contributed by atoms with Gasteiger partial charge in [-0.15, -0.1) is 0 Å². The number of benzene rings is 3. The highest BCUT2D eigenvalue weighted by Crippen LogP contribution is 2.56. The largest absolute Gasteiger partial charge is 0.296 e. The van der Waals surface area contributed by atoms with Gasteiger partial charge in [-0.05, 0) is 43.2 Å². The predicted octanol–water partition coefficient (Wildman–Crippen LogP) is 3.68. The molecule has 0 radical (unpaired) electrons. The number of carbonyl (C=O) groups excluding carboxylic acids is 2. The normalized spacial score (nSPS) is 25.8. The molecule has 184 valence electrons. The second-order valence-electron chi connectivity index (χ2n) is 10.7. The van der Waals surface area contributed by atoms with Gasteiger partial charge in [0.15, 0.2) is 0 Å². The van der Waals surface area contributed by atoms with Crippen LogP contribution in [0.15, 0.2) is 77.6 Å². The Morgan fingerprint density at radius 1 is 0.892 bits per heavy atom. The molecule has 0 saturated carbocycles. The van der Waals surface area contributed by atoms with E-state index in [1.807, 2.05) is 73.7 Å². The van der Waals surface area contributed by atoms with Crippen molar-refractivity contribution in [1.29, 1.82) is 0 Å². The molecular weight excluding hydrogens is 464 g/mol. The minimum Gasteiger partial charge on any atom is -0.296 e. The zero-order valence-corrected chi connectivity index (χ0v) is 20.8. The molecule has 4 aromatic rings. The Balaban J connectivity index is 1.53. The van der Waals surface area contributed by atoms with Gasteiger partial charge >= 0.3 is 0 Å². The molecule has 2 fully saturated rings. The summed E-state index contributed by atoms with van der Waals surface area (Å²) in [6.07, 6.45) is 0. The molecule has 4 atom stereocenters. The van der Waals surface area contributed by atoms with Gasteiger partial charge in [-0.2, -0.15) is 0 Å². The molecule has 37 heavy (non-hydrogen) atoms. The van der Waals surface area contributed by atoms with Crippen molar-refractivity contribution in [3.8, 4) is 5.69 Å². The Hall–Kier alpha value is -4.10. The molecule has 1 aromatic heterocycles. The van der Waals surface area contributed by atoms with Crippen molar-refractivity contribution >= 4 is 28.4 Å². The fourth-order valence-electron chi connectivity index (χ4n) is 6.67. The van der Waals surface area contributed by atoms with Crippen LogP contribution in [0.4, 0.5) is 5.69 Å². The summed E-state index contributed by atoms with van der Waals surface area (Å²) >= 11 is 0. The van der Waals surface area contributed by atoms with Crippen LogP contribution in [0.3, 0.4) is 0 Å². The molecule has 0 aliphatic carbocycles. The lowest BCUT2D eigenvalue weighted by Gasteiger charge is -2.32. The van der Waals surface area contributed by atoms with Crippen LogP contribution in [0.2, 0.25) is 0 Å². The molecule has 7 rings (SSSR count). The second kappa shape index (κ2) is 7.46. The van der Waals surface area contributed by atoms with E-state index < -0.39 is 17.4 Å². The zero-order valence-electron chi connectivity index (χ0n) is 20.8. The maximum Gasteiger partial charge on any atom is 0.266 e. The van der Waals surface area contributed by atoms with E-state index in [0.717, 1.165) is 11.1 Å². The zero-order chi connectivity index (χ0) is 25.6. The number of hydrogen-bond acceptors (Lipinski definition) is 5. The molecule has 7 heteroatoms. The van der Waals surface area contributed by atoms with Crippen LogP contribution < -0.4 is 15.8 Å². The Kier molecular flexibility index (Phi) is 4.46. The number of nitrogens with one attached hydrogen (secondary N) is 1. The first-order valence-corrected chi connectivity index (χ1v) is 12.7. The molecule has 2 saturated heterocycles. The number of imide groups is 1. The minimum atomic E-state index is -1.11. The van der Waals surface area contributed by atoms with Crippen LogP contribution in [0, 0.1) is 24.7 Å². The van der Waals surface area contributed by atoms with Crippen molar-refractivity contribution in [3.05, 3.63) is 100 Å². The number of amides is 2. The monoisotopic (exact) mass is 490 g/mol. The molecule has 3 aromatic carbocycles. The Morgan fingerprint density at radius 3 is 2.35 bits per heavy atom. The van der Waals surface area contributed by atoms with Gasteiger partial charge in [0.1, 0.15) is 11.4 Å². The summed E-state index contributed by atoms with van der Waals surface area (Å²) < 4.78 is 1.64. The van der Waals surface area contributed by atoms with Crippen LogP contribution in [0.25, 0.3) is 16.6 Å². The SMILES string of the molecule is Cc1ccc(N2C(=O)C3C(C(C)C)NC4(c5ccccc5-n5c4nc4ccccc4c5=O)C3C2=O)cc1. The number of rotatable bonds is 2. The molecular formula is C30H26N4O3. The second-order valence-corrected chi connectivity index (χ2v) is 10.7. The number of hydrogen-bond donors (Lipinski definition) is 1. The first-order chi connectivity index (χ1) is 17.8. The number of aryl methyl sites for hydroxylation is 1. The Labute approximate surface area is 213 Å². The molecule has 1 N–H and O–H groups in total. The lowest BCUT2D eigenvalue weighted by molar-refractivity contribution is -0.123. The van der Waals surface area contributed by atoms with E-state index in [-0.39, 0.29) is 29.3 Å². The number of nitrogens with zero attached hydrogens (tertiary/aromatic N) is 3. The van der Waals surface area contributed by atoms with Gasteiger partial charge in [0.2, 0.25) is 11.8 Å². The summed E-state index contributed by atoms with van der Waals surface area (Å²) in [6, 6.07) is 22.1. The Morgan fingerprint density at radius 2 is 1.59 bits per heavy atom. The molecule has 2 amide bonds. The first kappa shape index (κ1) is 22.1. The summed E-state index contributed by atoms with van der Waals surface area (Å²) in [4.78, 5) is 48.5. The van der Waals surface area contributed by atoms with E-state index in [1.54, 1.807) is 10.6 Å². The summed E-state index contributed by atoms with van der Waals surface area (Å²) in [5.41, 5.74) is 2.42. The van der Waals surface area contributed by atoms with Crippen molar-refractivity contribution in [2.24, 2.45) is 17.8 Å². The lowest BCUT2D eigenvalue weighted by atomic mass is 9.75. The molecule has 0 bridgehead atoms. The third-order valence-corrected chi connectivity index (χ3v) is 8.31. The summed E-state index contributed by atoms with van der Waals surface area (Å²) in [5.74, 6) is -1.26. The first-order valence-electron chi connectivity index (χ1n) is 12.7. The standard InChI is InChI=1S/C30H26N4O3/c1-16(2)25-23-24(28(37)33(27(23)36)18-14-12-17(3)13-15-18)30(32-25)20-9-5-7-11-22(20)34-26(35)19-8-4-6-10-21(19)31-29(30)34/h4-16,23-25,32H,1-3H3. The van der Waals surface area contributed by atoms with Crippen molar-refractivity contribution < 1.29 is 9.59 Å². The van der Waals surface area contributed by atoms with Gasteiger partial charge in [0, 0.05) is 11.6 Å². The van der Waals surface area contributed by atoms with Crippen molar-refractivity contribution in [2.45, 2.75) is 32.4 Å². The highest BCUT2D eigenvalue weighted by atomic mass is 16.2. The highest BCUT2D eigenvalue weighted by molar-refractivity contribution is 6.23. The van der Waals surface area contributed by atoms with Gasteiger partial charge in [0.05, 0.1) is 34.1 Å². The third-order valence-electron chi connectivity index (χ3n) is 8.31. The smallest absolute Gasteiger partial charge is 0.266 e. The van der Waals surface area contributed by atoms with Crippen molar-refractivity contribution in [2.75, 3.05) is 4.90 Å². The van der Waals surface area contributed by atoms with Crippen molar-refractivity contribution in [3.63, 3.8) is 0 Å². The van der Waals surface area contributed by atoms with E-state index in [1.165, 1.54) is 4.90 Å². The molecule has 3 aliphatic rings. The molecule has 4 heterocycles. The van der Waals surface area contributed by atoms with Crippen LogP contribution in [-0.2, 0) is 15.1 Å². The van der Waals surface area contributed by atoms with Crippen LogP contribution in [0.5, 0.6) is 0 Å². The number of anilines is 1. The average Bonchev–Trinajstić information content (AvgIpc) is 3.49. The average molecular weight is 491 g/mol. The van der Waals surface area contributed by atoms with Gasteiger partial charge in [-0.25, -0.2) is 9.88 Å². The summed E-state index contributed by atoms with van der Waals surface area (Å²) in [6.45, 7) is 6.09. The quantitative estimate of drug-likeness (QED) is 0.434. The maximum absolute atomic E-state index is 14.3. The fraction of sp³-hybridized carbons (Fsp3) is 0.267. The van der Waals surface area contributed by atoms with Gasteiger partial charge in [0.25, 0.3) is 5.56 Å². The van der Waals surface area contributed by atoms with Gasteiger partial charge in [-0.3, -0.25) is 24.3 Å². The number of carbonyl (C=O) groups is 2. The fourth-order valence-corrected chi connectivity index (χ4v) is 6.67. The molecule has 3 aliphatic heterocycles. The van der Waals surface area contributed by atoms with Crippen LogP contribution >= 0.6 is 0 Å². The number of fused-ring (bicyclic) bond motifs is 8. The van der Waals surface area contributed by atoms with E-state index in [2.05, 4.69) is 19.2 Å². The number of para-hydroxylation sites is 2. The van der Waals surface area contributed by atoms with Crippen LogP contribution in [0.1, 0.15) is 30.8 Å². The maximum atomic E-state index is 14.3. The van der Waals surface area contributed by atoms with E-state index in [4.69, 9.17) is 4.98 Å². The summed E-state index contributed by atoms with van der Waals surface area (Å²) in [5, 5.41) is 4.24. The minimum absolute atomic E-state index is 0.0648. The summed E-state index contributed by atoms with van der Waals surface area (Å²) in [7, 11) is 0. The molecule has 7 nitrogen and oxygen atoms in total. The van der Waals surface area contributed by atoms with Gasteiger partial charge < -0.3 is 0 Å². The van der Waals surface area contributed by atoms with Crippen molar-refractivity contribution in [1.82, 2.24) is 14.9 Å². The third kappa shape index (κ3) is 2.69. The van der Waals surface area contributed by atoms with E-state index in [9.17, 15) is 14.4 Å².